The van der Waals surface area contributed by atoms with Gasteiger partial charge in [-0.3, -0.25) is 0 Å². The lowest BCUT2D eigenvalue weighted by Crippen LogP contribution is -2.07. The number of imidazole rings is 1. The topological polar surface area (TPSA) is 39.9 Å². The predicted octanol–water partition coefficient (Wildman–Crippen LogP) is 7.17. The van der Waals surface area contributed by atoms with Crippen LogP contribution in [0.5, 0.6) is 5.88 Å². The van der Waals surface area contributed by atoms with Crippen molar-refractivity contribution >= 4 is 22.6 Å². The fourth-order valence-electron chi connectivity index (χ4n) is 4.06. The van der Waals surface area contributed by atoms with Gasteiger partial charge in [0.05, 0.1) is 23.3 Å². The Hall–Kier alpha value is -3.84. The summed E-state index contributed by atoms with van der Waals surface area (Å²) in [6, 6.07) is 21.8. The van der Waals surface area contributed by atoms with E-state index in [1.54, 1.807) is 47.0 Å². The normalized spacial score (nSPS) is 11.2. The van der Waals surface area contributed by atoms with Gasteiger partial charge in [-0.1, -0.05) is 48.0 Å². The lowest BCUT2D eigenvalue weighted by Gasteiger charge is -2.10. The Morgan fingerprint density at radius 3 is 2.44 bits per heavy atom. The molecule has 2 aromatic heterocycles. The first kappa shape index (κ1) is 23.9. The number of alkyl halides is 1. The Balaban J connectivity index is 1.35. The van der Waals surface area contributed by atoms with E-state index >= 15 is 4.39 Å². The van der Waals surface area contributed by atoms with Crippen molar-refractivity contribution in [1.82, 2.24) is 14.5 Å². The smallest absolute Gasteiger partial charge is 0.214 e. The third kappa shape index (κ3) is 5.06. The van der Waals surface area contributed by atoms with Gasteiger partial charge < -0.3 is 9.30 Å². The number of pyridine rings is 1. The van der Waals surface area contributed by atoms with Crippen molar-refractivity contribution < 1.29 is 17.9 Å². The Kier molecular flexibility index (Phi) is 6.91. The Morgan fingerprint density at radius 1 is 0.833 bits per heavy atom. The van der Waals surface area contributed by atoms with Crippen LogP contribution in [0.3, 0.4) is 0 Å². The summed E-state index contributed by atoms with van der Waals surface area (Å²) in [4.78, 5) is 9.01. The molecule has 0 spiro atoms. The highest BCUT2D eigenvalue weighted by Gasteiger charge is 2.14. The number of benzene rings is 3. The van der Waals surface area contributed by atoms with Crippen molar-refractivity contribution in [2.24, 2.45) is 0 Å². The van der Waals surface area contributed by atoms with Crippen LogP contribution in [0.4, 0.5) is 13.2 Å². The van der Waals surface area contributed by atoms with E-state index in [-0.39, 0.29) is 25.5 Å². The number of hydrogen-bond donors (Lipinski definition) is 0. The second kappa shape index (κ2) is 10.4. The molecule has 0 bridgehead atoms. The average Bonchev–Trinajstić information content (AvgIpc) is 3.22. The number of aryl methyl sites for hydroxylation is 1. The van der Waals surface area contributed by atoms with Crippen LogP contribution >= 0.6 is 11.6 Å². The molecule has 0 aliphatic heterocycles. The molecule has 182 valence electrons. The van der Waals surface area contributed by atoms with E-state index in [0.29, 0.717) is 33.2 Å². The summed E-state index contributed by atoms with van der Waals surface area (Å²) in [7, 11) is 0. The molecule has 0 aliphatic carbocycles. The summed E-state index contributed by atoms with van der Waals surface area (Å²) >= 11 is 5.79. The van der Waals surface area contributed by atoms with Gasteiger partial charge in [0, 0.05) is 28.6 Å². The molecule has 0 unspecified atom stereocenters. The van der Waals surface area contributed by atoms with Gasteiger partial charge in [0.25, 0.3) is 0 Å². The third-order valence-corrected chi connectivity index (χ3v) is 6.09. The molecule has 2 heterocycles. The summed E-state index contributed by atoms with van der Waals surface area (Å²) in [5, 5.41) is 0.307. The van der Waals surface area contributed by atoms with Gasteiger partial charge in [0.15, 0.2) is 0 Å². The maximum Gasteiger partial charge on any atom is 0.214 e. The fraction of sp³-hybridized carbons (Fsp3) is 0.143. The van der Waals surface area contributed by atoms with Crippen molar-refractivity contribution in [1.29, 1.82) is 0 Å². The quantitative estimate of drug-likeness (QED) is 0.223. The standard InChI is InChI=1S/C28H21ClF3N3O/c29-21-11-10-20(23(32)16-21)17-36-28-7-3-5-24(34-28)19-9-8-18(22(31)14-19)15-27-33-25-4-1-2-6-26(25)35(27)13-12-30/h1-11,14,16H,12-13,15,17H2. The van der Waals surface area contributed by atoms with E-state index in [2.05, 4.69) is 9.97 Å². The number of ether oxygens (including phenoxy) is 1. The summed E-state index contributed by atoms with van der Waals surface area (Å²) in [5.41, 5.74) is 3.44. The van der Waals surface area contributed by atoms with Crippen LogP contribution in [-0.4, -0.2) is 21.2 Å². The van der Waals surface area contributed by atoms with E-state index in [9.17, 15) is 8.78 Å². The zero-order chi connectivity index (χ0) is 25.1. The zero-order valence-corrected chi connectivity index (χ0v) is 19.9. The Bertz CT molecular complexity index is 1540. The summed E-state index contributed by atoms with van der Waals surface area (Å²) in [5.74, 6) is 0.00815. The van der Waals surface area contributed by atoms with E-state index in [1.165, 1.54) is 12.1 Å². The molecule has 0 saturated carbocycles. The number of para-hydroxylation sites is 2. The SMILES string of the molecule is FCCn1c(Cc2ccc(-c3cccc(OCc4ccc(Cl)cc4F)n3)cc2F)nc2ccccc21. The van der Waals surface area contributed by atoms with Crippen LogP contribution in [0.1, 0.15) is 17.0 Å². The number of halogens is 4. The summed E-state index contributed by atoms with van der Waals surface area (Å²) < 4.78 is 49.7. The minimum absolute atomic E-state index is 0.0212. The first-order valence-corrected chi connectivity index (χ1v) is 11.7. The van der Waals surface area contributed by atoms with E-state index in [4.69, 9.17) is 16.3 Å². The van der Waals surface area contributed by atoms with Crippen LogP contribution in [0, 0.1) is 11.6 Å². The minimum atomic E-state index is -0.538. The van der Waals surface area contributed by atoms with E-state index in [0.717, 1.165) is 11.0 Å². The Labute approximate surface area is 211 Å². The molecule has 8 heteroatoms. The molecular weight excluding hydrogens is 487 g/mol. The highest BCUT2D eigenvalue weighted by atomic mass is 35.5. The first-order chi connectivity index (χ1) is 17.5. The van der Waals surface area contributed by atoms with Gasteiger partial charge in [-0.15, -0.1) is 0 Å². The fourth-order valence-corrected chi connectivity index (χ4v) is 4.22. The molecule has 3 aromatic carbocycles. The molecule has 36 heavy (non-hydrogen) atoms. The summed E-state index contributed by atoms with van der Waals surface area (Å²) in [6.07, 6.45) is 0.226. The van der Waals surface area contributed by atoms with Gasteiger partial charge in [0.1, 0.15) is 30.7 Å². The lowest BCUT2D eigenvalue weighted by atomic mass is 10.1. The molecule has 0 amide bonds. The molecule has 0 saturated heterocycles. The predicted molar refractivity (Wildman–Crippen MR) is 134 cm³/mol. The van der Waals surface area contributed by atoms with Crippen LogP contribution in [0.15, 0.2) is 78.9 Å². The van der Waals surface area contributed by atoms with Crippen LogP contribution < -0.4 is 4.74 Å². The highest BCUT2D eigenvalue weighted by Crippen LogP contribution is 2.25. The maximum absolute atomic E-state index is 15.1. The van der Waals surface area contributed by atoms with Crippen molar-refractivity contribution in [3.8, 4) is 17.1 Å². The lowest BCUT2D eigenvalue weighted by molar-refractivity contribution is 0.288. The molecule has 0 atom stereocenters. The minimum Gasteiger partial charge on any atom is -0.473 e. The monoisotopic (exact) mass is 507 g/mol. The number of rotatable bonds is 8. The molecule has 0 aliphatic rings. The van der Waals surface area contributed by atoms with Gasteiger partial charge in [0.2, 0.25) is 5.88 Å². The number of hydrogen-bond acceptors (Lipinski definition) is 3. The molecule has 0 N–H and O–H groups in total. The van der Waals surface area contributed by atoms with Gasteiger partial charge in [-0.25, -0.2) is 23.1 Å². The average molecular weight is 508 g/mol. The molecule has 5 rings (SSSR count). The van der Waals surface area contributed by atoms with Crippen LogP contribution in [0.25, 0.3) is 22.3 Å². The number of fused-ring (bicyclic) bond motifs is 1. The van der Waals surface area contributed by atoms with Crippen LogP contribution in [-0.2, 0) is 19.6 Å². The van der Waals surface area contributed by atoms with Gasteiger partial charge >= 0.3 is 0 Å². The molecule has 0 radical (unpaired) electrons. The number of aromatic nitrogens is 3. The van der Waals surface area contributed by atoms with Crippen molar-refractivity contribution in [2.75, 3.05) is 6.67 Å². The van der Waals surface area contributed by atoms with Crippen molar-refractivity contribution in [3.63, 3.8) is 0 Å². The van der Waals surface area contributed by atoms with Crippen LogP contribution in [0.2, 0.25) is 5.02 Å². The molecule has 0 fully saturated rings. The molecule has 5 aromatic rings. The van der Waals surface area contributed by atoms with Gasteiger partial charge in [-0.2, -0.15) is 0 Å². The second-order valence-electron chi connectivity index (χ2n) is 8.23. The highest BCUT2D eigenvalue weighted by molar-refractivity contribution is 6.30. The summed E-state index contributed by atoms with van der Waals surface area (Å²) in [6.45, 7) is -0.400. The second-order valence-corrected chi connectivity index (χ2v) is 8.66. The van der Waals surface area contributed by atoms with E-state index < -0.39 is 18.3 Å². The molecular formula is C28H21ClF3N3O. The maximum atomic E-state index is 15.1. The zero-order valence-electron chi connectivity index (χ0n) is 19.1. The Morgan fingerprint density at radius 2 is 1.64 bits per heavy atom. The van der Waals surface area contributed by atoms with Crippen molar-refractivity contribution in [3.05, 3.63) is 112 Å². The number of nitrogens with zero attached hydrogens (tertiary/aromatic N) is 3. The van der Waals surface area contributed by atoms with E-state index in [1.807, 2.05) is 24.3 Å². The third-order valence-electron chi connectivity index (χ3n) is 5.85. The largest absolute Gasteiger partial charge is 0.473 e. The molecule has 4 nitrogen and oxygen atoms in total. The first-order valence-electron chi connectivity index (χ1n) is 11.3. The van der Waals surface area contributed by atoms with Gasteiger partial charge in [-0.05, 0) is 42.0 Å². The van der Waals surface area contributed by atoms with Crippen molar-refractivity contribution in [2.45, 2.75) is 19.6 Å².